The number of benzene rings is 2. The molecule has 1 heterocycles. The smallest absolute Gasteiger partial charge is 0.391 e. The molecule has 2 aromatic carbocycles. The number of amides is 1. The van der Waals surface area contributed by atoms with Crippen molar-refractivity contribution in [1.29, 1.82) is 0 Å². The first-order valence-corrected chi connectivity index (χ1v) is 11.4. The Bertz CT molecular complexity index is 1470. The minimum Gasteiger partial charge on any atom is -0.391 e. The predicted octanol–water partition coefficient (Wildman–Crippen LogP) is 3.08. The quantitative estimate of drug-likeness (QED) is 0.433. The molecule has 9 nitrogen and oxygen atoms in total. The first-order valence-electron chi connectivity index (χ1n) is 11.0. The SMILES string of the molecule is [2H]C([2H])([2H])CC(c1c(F)ccc(C)c1C)C(NS(=O)(=O)c1ccc(Cl)cc1C(N)=O)c1n[nH]c(=O)o1. The van der Waals surface area contributed by atoms with Crippen molar-refractivity contribution < 1.29 is 26.1 Å². The summed E-state index contributed by atoms with van der Waals surface area (Å²) in [7, 11) is -4.67. The van der Waals surface area contributed by atoms with E-state index < -0.39 is 69.1 Å². The third-order valence-electron chi connectivity index (χ3n) is 5.22. The number of nitrogens with two attached hydrogens (primary N) is 1. The summed E-state index contributed by atoms with van der Waals surface area (Å²) in [6.07, 6.45) is -0.721. The maximum Gasteiger partial charge on any atom is 0.434 e. The second kappa shape index (κ2) is 9.46. The van der Waals surface area contributed by atoms with Crippen LogP contribution in [0.2, 0.25) is 5.02 Å². The van der Waals surface area contributed by atoms with Crippen LogP contribution in [0.1, 0.15) is 62.3 Å². The van der Waals surface area contributed by atoms with E-state index in [2.05, 4.69) is 9.82 Å². The van der Waals surface area contributed by atoms with Crippen molar-refractivity contribution in [3.8, 4) is 0 Å². The van der Waals surface area contributed by atoms with Crippen LogP contribution >= 0.6 is 11.6 Å². The number of rotatable bonds is 8. The molecule has 2 atom stereocenters. The lowest BCUT2D eigenvalue weighted by molar-refractivity contribution is 0.0997. The van der Waals surface area contributed by atoms with Crippen LogP contribution in [0.15, 0.2) is 44.4 Å². The van der Waals surface area contributed by atoms with E-state index in [-0.39, 0.29) is 10.6 Å². The Kier molecular flexibility index (Phi) is 5.90. The predicted molar refractivity (Wildman–Crippen MR) is 119 cm³/mol. The van der Waals surface area contributed by atoms with Gasteiger partial charge in [-0.05, 0) is 61.2 Å². The fraction of sp³-hybridized carbons (Fsp3) is 0.286. The number of aryl methyl sites for hydroxylation is 1. The van der Waals surface area contributed by atoms with Gasteiger partial charge in [-0.25, -0.2) is 22.7 Å². The van der Waals surface area contributed by atoms with Gasteiger partial charge in [0, 0.05) is 15.1 Å². The summed E-state index contributed by atoms with van der Waals surface area (Å²) in [5.41, 5.74) is 5.76. The molecule has 2 unspecified atom stereocenters. The monoisotopic (exact) mass is 499 g/mol. The molecule has 12 heteroatoms. The summed E-state index contributed by atoms with van der Waals surface area (Å²) >= 11 is 5.88. The zero-order valence-electron chi connectivity index (χ0n) is 20.5. The Hall–Kier alpha value is -3.02. The van der Waals surface area contributed by atoms with Crippen LogP contribution in [0.5, 0.6) is 0 Å². The number of carbonyl (C=O) groups excluding carboxylic acids is 1. The van der Waals surface area contributed by atoms with Gasteiger partial charge in [0.1, 0.15) is 11.9 Å². The normalized spacial score (nSPS) is 15.3. The van der Waals surface area contributed by atoms with Crippen molar-refractivity contribution in [3.63, 3.8) is 0 Å². The molecule has 1 amide bonds. The average Bonchev–Trinajstić information content (AvgIpc) is 3.19. The van der Waals surface area contributed by atoms with Crippen LogP contribution in [0.25, 0.3) is 0 Å². The molecule has 0 fully saturated rings. The highest BCUT2D eigenvalue weighted by atomic mass is 35.5. The van der Waals surface area contributed by atoms with Gasteiger partial charge in [0.05, 0.1) is 10.5 Å². The van der Waals surface area contributed by atoms with Crippen molar-refractivity contribution in [2.45, 2.75) is 44.0 Å². The minimum atomic E-state index is -4.67. The molecule has 0 radical (unpaired) electrons. The van der Waals surface area contributed by atoms with E-state index in [1.165, 1.54) is 12.1 Å². The van der Waals surface area contributed by atoms with Crippen LogP contribution in [0.4, 0.5) is 4.39 Å². The Morgan fingerprint density at radius 2 is 2.09 bits per heavy atom. The number of hydrogen-bond acceptors (Lipinski definition) is 6. The summed E-state index contributed by atoms with van der Waals surface area (Å²) in [5, 5.41) is 5.70. The van der Waals surface area contributed by atoms with Gasteiger partial charge in [0.2, 0.25) is 21.8 Å². The summed E-state index contributed by atoms with van der Waals surface area (Å²) in [5.74, 6) is -4.89. The van der Waals surface area contributed by atoms with E-state index in [0.717, 1.165) is 18.2 Å². The van der Waals surface area contributed by atoms with E-state index in [9.17, 15) is 18.0 Å². The van der Waals surface area contributed by atoms with Crippen molar-refractivity contribution >= 4 is 27.5 Å². The zero-order valence-corrected chi connectivity index (χ0v) is 19.1. The maximum atomic E-state index is 15.1. The molecule has 0 saturated heterocycles. The van der Waals surface area contributed by atoms with Crippen molar-refractivity contribution in [1.82, 2.24) is 14.9 Å². The maximum absolute atomic E-state index is 15.1. The topological polar surface area (TPSA) is 148 Å². The minimum absolute atomic E-state index is 0.0373. The molecule has 176 valence electrons. The second-order valence-electron chi connectivity index (χ2n) is 7.27. The van der Waals surface area contributed by atoms with Crippen LogP contribution in [-0.4, -0.2) is 24.5 Å². The number of H-pyrrole nitrogens is 1. The van der Waals surface area contributed by atoms with Gasteiger partial charge in [-0.3, -0.25) is 4.79 Å². The number of sulfonamides is 1. The number of aromatic nitrogens is 2. The van der Waals surface area contributed by atoms with Gasteiger partial charge in [0.25, 0.3) is 0 Å². The van der Waals surface area contributed by atoms with Crippen molar-refractivity contribution in [2.75, 3.05) is 0 Å². The Balaban J connectivity index is 2.26. The summed E-state index contributed by atoms with van der Waals surface area (Å²) < 4.78 is 72.7. The van der Waals surface area contributed by atoms with E-state index in [1.54, 1.807) is 13.8 Å². The molecule has 1 aromatic heterocycles. The summed E-state index contributed by atoms with van der Waals surface area (Å²) in [4.78, 5) is 23.1. The number of nitrogens with one attached hydrogen (secondary N) is 2. The fourth-order valence-electron chi connectivity index (χ4n) is 3.49. The van der Waals surface area contributed by atoms with E-state index >= 15 is 4.39 Å². The summed E-state index contributed by atoms with van der Waals surface area (Å²) in [6, 6.07) is 4.21. The van der Waals surface area contributed by atoms with Crippen LogP contribution < -0.4 is 16.2 Å². The Morgan fingerprint density at radius 1 is 1.36 bits per heavy atom. The van der Waals surface area contributed by atoms with E-state index in [1.807, 2.05) is 5.10 Å². The third kappa shape index (κ3) is 5.00. The number of halogens is 2. The third-order valence-corrected chi connectivity index (χ3v) is 6.96. The van der Waals surface area contributed by atoms with Crippen LogP contribution in [0.3, 0.4) is 0 Å². The van der Waals surface area contributed by atoms with Gasteiger partial charge < -0.3 is 10.2 Å². The average molecular weight is 500 g/mol. The van der Waals surface area contributed by atoms with Gasteiger partial charge >= 0.3 is 5.76 Å². The highest BCUT2D eigenvalue weighted by Crippen LogP contribution is 2.38. The number of aromatic amines is 1. The van der Waals surface area contributed by atoms with E-state index in [0.29, 0.717) is 11.1 Å². The number of nitrogens with zero attached hydrogens (tertiary/aromatic N) is 1. The molecular weight excluding hydrogens is 475 g/mol. The van der Waals surface area contributed by atoms with Crippen LogP contribution in [-0.2, 0) is 10.0 Å². The van der Waals surface area contributed by atoms with Gasteiger partial charge in [-0.2, -0.15) is 4.72 Å². The molecule has 0 bridgehead atoms. The Labute approximate surface area is 198 Å². The zero-order chi connectivity index (χ0) is 27.0. The molecule has 3 aromatic rings. The van der Waals surface area contributed by atoms with Crippen molar-refractivity contribution in [3.05, 3.63) is 79.9 Å². The highest BCUT2D eigenvalue weighted by Gasteiger charge is 2.36. The second-order valence-corrected chi connectivity index (χ2v) is 9.39. The van der Waals surface area contributed by atoms with Gasteiger partial charge in [-0.1, -0.05) is 24.5 Å². The summed E-state index contributed by atoms with van der Waals surface area (Å²) in [6.45, 7) is 0.564. The molecule has 0 aliphatic heterocycles. The molecule has 0 saturated carbocycles. The molecule has 33 heavy (non-hydrogen) atoms. The highest BCUT2D eigenvalue weighted by molar-refractivity contribution is 7.89. The van der Waals surface area contributed by atoms with Gasteiger partial charge in [0.15, 0.2) is 0 Å². The molecular formula is C21H22ClFN4O5S. The largest absolute Gasteiger partial charge is 0.434 e. The lowest BCUT2D eigenvalue weighted by atomic mass is 9.85. The first kappa shape index (κ1) is 20.6. The molecule has 0 aliphatic rings. The van der Waals surface area contributed by atoms with Crippen molar-refractivity contribution in [2.24, 2.45) is 5.73 Å². The molecule has 3 rings (SSSR count). The van der Waals surface area contributed by atoms with Gasteiger partial charge in [-0.15, -0.1) is 5.10 Å². The first-order chi connectivity index (χ1) is 16.6. The lowest BCUT2D eigenvalue weighted by Crippen LogP contribution is -2.34. The molecule has 0 aliphatic carbocycles. The number of hydrogen-bond donors (Lipinski definition) is 3. The molecule has 4 N–H and O–H groups in total. The fourth-order valence-corrected chi connectivity index (χ4v) is 5.08. The standard InChI is InChI=1S/C21H22ClFN4O5S/c1-4-13(17-11(3)10(2)5-7-15(17)23)18(20-25-26-21(29)32-20)27-33(30,31)16-8-6-12(22)9-14(16)19(24)28/h5-9,13,18,27H,4H2,1-3H3,(H2,24,28)(H,26,29)/i1D3. The molecule has 0 spiro atoms. The number of carbonyl (C=O) groups is 1. The van der Waals surface area contributed by atoms with E-state index in [4.69, 9.17) is 25.9 Å². The lowest BCUT2D eigenvalue weighted by Gasteiger charge is -2.27. The van der Waals surface area contributed by atoms with Crippen LogP contribution in [0, 0.1) is 19.7 Å². The number of primary amides is 1. The Morgan fingerprint density at radius 3 is 2.70 bits per heavy atom.